The molecule has 0 heterocycles. The Morgan fingerprint density at radius 2 is 1.82 bits per heavy atom. The van der Waals surface area contributed by atoms with Crippen LogP contribution in [0.1, 0.15) is 13.3 Å². The number of nitrogens with two attached hydrogens (primary N) is 1. The topological polar surface area (TPSA) is 64.4 Å². The lowest BCUT2D eigenvalue weighted by molar-refractivity contribution is -0.115. The molecule has 0 bridgehead atoms. The minimum atomic E-state index is -0.147. The minimum absolute atomic E-state index is 0.00510. The van der Waals surface area contributed by atoms with Gasteiger partial charge in [0.2, 0.25) is 5.91 Å². The minimum Gasteiger partial charge on any atom is -0.497 e. The average molecular weight is 316 g/mol. The third-order valence-corrected chi connectivity index (χ3v) is 4.56. The van der Waals surface area contributed by atoms with Crippen LogP contribution in [0.15, 0.2) is 53.4 Å². The number of nitrogens with one attached hydrogen (secondary N) is 1. The summed E-state index contributed by atoms with van der Waals surface area (Å²) in [5.41, 5.74) is 7.17. The number of nitrogen functional groups attached to an aromatic ring is 1. The smallest absolute Gasteiger partial charge is 0.237 e. The number of thioether (sulfide) groups is 1. The van der Waals surface area contributed by atoms with Gasteiger partial charge in [-0.3, -0.25) is 4.79 Å². The number of carbonyl (C=O) groups is 1. The molecule has 0 saturated carbocycles. The van der Waals surface area contributed by atoms with E-state index in [1.807, 2.05) is 55.5 Å². The van der Waals surface area contributed by atoms with Gasteiger partial charge in [-0.1, -0.05) is 6.92 Å². The molecule has 0 radical (unpaired) electrons. The largest absolute Gasteiger partial charge is 0.497 e. The Morgan fingerprint density at radius 3 is 2.36 bits per heavy atom. The zero-order valence-electron chi connectivity index (χ0n) is 12.7. The van der Waals surface area contributed by atoms with Gasteiger partial charge >= 0.3 is 0 Å². The van der Waals surface area contributed by atoms with Gasteiger partial charge in [-0.05, 0) is 55.0 Å². The molecule has 22 heavy (non-hydrogen) atoms. The summed E-state index contributed by atoms with van der Waals surface area (Å²) in [5.74, 6) is 0.760. The first-order chi connectivity index (χ1) is 10.6. The maximum atomic E-state index is 12.4. The van der Waals surface area contributed by atoms with E-state index in [9.17, 15) is 4.79 Å². The molecule has 2 aromatic rings. The van der Waals surface area contributed by atoms with Crippen LogP contribution in [0.4, 0.5) is 11.4 Å². The Bertz CT molecular complexity index is 612. The predicted octanol–water partition coefficient (Wildman–Crippen LogP) is 3.79. The second-order valence-corrected chi connectivity index (χ2v) is 6.08. The fraction of sp³-hybridized carbons (Fsp3) is 0.235. The van der Waals surface area contributed by atoms with Crippen LogP contribution in [0, 0.1) is 0 Å². The fourth-order valence-electron chi connectivity index (χ4n) is 1.93. The summed E-state index contributed by atoms with van der Waals surface area (Å²) in [7, 11) is 1.62. The van der Waals surface area contributed by atoms with Crippen LogP contribution in [-0.2, 0) is 4.79 Å². The normalized spacial score (nSPS) is 11.7. The summed E-state index contributed by atoms with van der Waals surface area (Å²) >= 11 is 1.54. The van der Waals surface area contributed by atoms with Crippen LogP contribution < -0.4 is 15.8 Å². The van der Waals surface area contributed by atoms with E-state index in [0.717, 1.165) is 28.4 Å². The summed E-state index contributed by atoms with van der Waals surface area (Å²) in [4.78, 5) is 13.4. The molecule has 5 heteroatoms. The number of rotatable bonds is 6. The second kappa shape index (κ2) is 7.75. The zero-order valence-corrected chi connectivity index (χ0v) is 13.5. The molecule has 0 aliphatic rings. The van der Waals surface area contributed by atoms with Crippen molar-refractivity contribution in [2.24, 2.45) is 0 Å². The van der Waals surface area contributed by atoms with Crippen LogP contribution in [0.25, 0.3) is 0 Å². The summed E-state index contributed by atoms with van der Waals surface area (Å²) in [6, 6.07) is 14.9. The molecular weight excluding hydrogens is 296 g/mol. The molecule has 0 aromatic heterocycles. The Hall–Kier alpha value is -2.14. The Kier molecular flexibility index (Phi) is 5.72. The summed E-state index contributed by atoms with van der Waals surface area (Å²) in [6.07, 6.45) is 0.747. The molecule has 3 N–H and O–H groups in total. The van der Waals surface area contributed by atoms with Crippen molar-refractivity contribution in [1.82, 2.24) is 0 Å². The van der Waals surface area contributed by atoms with Crippen molar-refractivity contribution in [3.63, 3.8) is 0 Å². The first kappa shape index (κ1) is 16.2. The number of carbonyl (C=O) groups excluding carboxylic acids is 1. The highest BCUT2D eigenvalue weighted by molar-refractivity contribution is 8.00. The molecule has 2 rings (SSSR count). The van der Waals surface area contributed by atoms with Crippen molar-refractivity contribution >= 4 is 29.0 Å². The molecule has 116 valence electrons. The van der Waals surface area contributed by atoms with Crippen molar-refractivity contribution in [3.8, 4) is 5.75 Å². The maximum absolute atomic E-state index is 12.4. The van der Waals surface area contributed by atoms with E-state index in [1.165, 1.54) is 0 Å². The summed E-state index contributed by atoms with van der Waals surface area (Å²) in [6.45, 7) is 2.00. The highest BCUT2D eigenvalue weighted by atomic mass is 32.2. The van der Waals surface area contributed by atoms with E-state index in [1.54, 1.807) is 18.9 Å². The van der Waals surface area contributed by atoms with Gasteiger partial charge in [0, 0.05) is 16.3 Å². The number of anilines is 2. The molecule has 2 aromatic carbocycles. The van der Waals surface area contributed by atoms with Crippen molar-refractivity contribution in [2.75, 3.05) is 18.2 Å². The predicted molar refractivity (Wildman–Crippen MR) is 92.4 cm³/mol. The molecule has 0 spiro atoms. The number of methoxy groups -OCH3 is 1. The van der Waals surface area contributed by atoms with E-state index in [4.69, 9.17) is 10.5 Å². The molecule has 0 aliphatic carbocycles. The van der Waals surface area contributed by atoms with Gasteiger partial charge in [-0.2, -0.15) is 0 Å². The number of benzene rings is 2. The van der Waals surface area contributed by atoms with Gasteiger partial charge in [-0.25, -0.2) is 0 Å². The highest BCUT2D eigenvalue weighted by Gasteiger charge is 2.18. The molecular formula is C17H20N2O2S. The average Bonchev–Trinajstić information content (AvgIpc) is 2.55. The Balaban J connectivity index is 1.99. The van der Waals surface area contributed by atoms with E-state index in [-0.39, 0.29) is 11.2 Å². The summed E-state index contributed by atoms with van der Waals surface area (Å²) in [5, 5.41) is 2.79. The van der Waals surface area contributed by atoms with Gasteiger partial charge in [0.05, 0.1) is 12.4 Å². The molecule has 0 saturated heterocycles. The van der Waals surface area contributed by atoms with Gasteiger partial charge in [-0.15, -0.1) is 11.8 Å². The fourth-order valence-corrected chi connectivity index (χ4v) is 2.88. The highest BCUT2D eigenvalue weighted by Crippen LogP contribution is 2.27. The lowest BCUT2D eigenvalue weighted by atomic mass is 10.2. The van der Waals surface area contributed by atoms with Crippen LogP contribution in [0.3, 0.4) is 0 Å². The standard InChI is InChI=1S/C17H20N2O2S/c1-3-16(22-15-10-4-12(18)5-11-15)17(20)19-13-6-8-14(21-2)9-7-13/h4-11,16H,3,18H2,1-2H3,(H,19,20)/t16-/m0/s1. The third kappa shape index (κ3) is 4.43. The van der Waals surface area contributed by atoms with E-state index in [2.05, 4.69) is 5.32 Å². The SMILES string of the molecule is CC[C@H](Sc1ccc(N)cc1)C(=O)Nc1ccc(OC)cc1. The van der Waals surface area contributed by atoms with Crippen LogP contribution >= 0.6 is 11.8 Å². The number of ether oxygens (including phenoxy) is 1. The number of amides is 1. The van der Waals surface area contributed by atoms with Crippen LogP contribution in [0.2, 0.25) is 0 Å². The van der Waals surface area contributed by atoms with Crippen molar-refractivity contribution in [1.29, 1.82) is 0 Å². The molecule has 4 nitrogen and oxygen atoms in total. The lowest BCUT2D eigenvalue weighted by Gasteiger charge is -2.15. The van der Waals surface area contributed by atoms with E-state index < -0.39 is 0 Å². The first-order valence-electron chi connectivity index (χ1n) is 7.09. The second-order valence-electron chi connectivity index (χ2n) is 4.80. The Labute approximate surface area is 135 Å². The molecule has 1 atom stereocenters. The molecule has 0 aliphatic heterocycles. The van der Waals surface area contributed by atoms with Crippen molar-refractivity contribution in [3.05, 3.63) is 48.5 Å². The summed E-state index contributed by atoms with van der Waals surface area (Å²) < 4.78 is 5.10. The number of hydrogen-bond acceptors (Lipinski definition) is 4. The monoisotopic (exact) mass is 316 g/mol. The molecule has 0 unspecified atom stereocenters. The Morgan fingerprint density at radius 1 is 1.18 bits per heavy atom. The van der Waals surface area contributed by atoms with E-state index in [0.29, 0.717) is 0 Å². The van der Waals surface area contributed by atoms with Gasteiger partial charge in [0.25, 0.3) is 0 Å². The van der Waals surface area contributed by atoms with Gasteiger partial charge in [0.15, 0.2) is 0 Å². The van der Waals surface area contributed by atoms with Crippen LogP contribution in [0.5, 0.6) is 5.75 Å². The number of hydrogen-bond donors (Lipinski definition) is 2. The quantitative estimate of drug-likeness (QED) is 0.629. The van der Waals surface area contributed by atoms with Crippen molar-refractivity contribution < 1.29 is 9.53 Å². The van der Waals surface area contributed by atoms with Gasteiger partial charge in [0.1, 0.15) is 5.75 Å². The zero-order chi connectivity index (χ0) is 15.9. The lowest BCUT2D eigenvalue weighted by Crippen LogP contribution is -2.24. The van der Waals surface area contributed by atoms with Crippen LogP contribution in [-0.4, -0.2) is 18.3 Å². The van der Waals surface area contributed by atoms with Crippen molar-refractivity contribution in [2.45, 2.75) is 23.5 Å². The third-order valence-electron chi connectivity index (χ3n) is 3.18. The molecule has 1 amide bonds. The van der Waals surface area contributed by atoms with Gasteiger partial charge < -0.3 is 15.8 Å². The first-order valence-corrected chi connectivity index (χ1v) is 7.97. The molecule has 0 fully saturated rings. The van der Waals surface area contributed by atoms with E-state index >= 15 is 0 Å². The maximum Gasteiger partial charge on any atom is 0.237 e.